The van der Waals surface area contributed by atoms with Crippen molar-refractivity contribution in [3.63, 3.8) is 0 Å². The van der Waals surface area contributed by atoms with Crippen LogP contribution in [-0.2, 0) is 14.3 Å². The normalized spacial score (nSPS) is 12.6. The number of esters is 1. The van der Waals surface area contributed by atoms with Crippen LogP contribution in [0.1, 0.15) is 6.42 Å². The molecule has 0 saturated heterocycles. The molecule has 0 bridgehead atoms. The molecule has 0 aliphatic carbocycles. The largest absolute Gasteiger partial charge is 0.469 e. The maximum atomic E-state index is 11.3. The third kappa shape index (κ3) is 6.88. The summed E-state index contributed by atoms with van der Waals surface area (Å²) < 4.78 is 9.71. The van der Waals surface area contributed by atoms with Gasteiger partial charge in [-0.1, -0.05) is 43.5 Å². The molecule has 1 atom stereocenters. The molecule has 1 amide bonds. The first-order chi connectivity index (χ1) is 9.08. The fourth-order valence-electron chi connectivity index (χ4n) is 1.24. The predicted molar refractivity (Wildman–Crippen MR) is 73.6 cm³/mol. The van der Waals surface area contributed by atoms with Gasteiger partial charge in [0.1, 0.15) is 6.10 Å². The molecule has 104 valence electrons. The van der Waals surface area contributed by atoms with Gasteiger partial charge in [0.05, 0.1) is 13.5 Å². The Balaban J connectivity index is 5.13. The van der Waals surface area contributed by atoms with Gasteiger partial charge in [0.25, 0.3) is 0 Å². The molecule has 0 spiro atoms. The Morgan fingerprint density at radius 1 is 1.32 bits per heavy atom. The molecule has 0 aromatic rings. The van der Waals surface area contributed by atoms with Crippen molar-refractivity contribution in [2.45, 2.75) is 12.5 Å². The summed E-state index contributed by atoms with van der Waals surface area (Å²) >= 11 is 0. The number of allylic oxidation sites excluding steroid dienone is 4. The minimum absolute atomic E-state index is 0.0783. The second-order valence-corrected chi connectivity index (χ2v) is 3.42. The Bertz CT molecular complexity index is 378. The van der Waals surface area contributed by atoms with Crippen molar-refractivity contribution in [2.75, 3.05) is 14.2 Å². The number of amides is 1. The number of methoxy groups -OCH3 is 1. The lowest BCUT2D eigenvalue weighted by atomic mass is 10.1. The highest BCUT2D eigenvalue weighted by Gasteiger charge is 2.21. The highest BCUT2D eigenvalue weighted by atomic mass is 16.6. The van der Waals surface area contributed by atoms with Crippen molar-refractivity contribution in [2.24, 2.45) is 0 Å². The van der Waals surface area contributed by atoms with Crippen LogP contribution >= 0.6 is 0 Å². The number of carbonyl (C=O) groups excluding carboxylic acids is 2. The van der Waals surface area contributed by atoms with Gasteiger partial charge in [-0.05, 0) is 5.57 Å². The Morgan fingerprint density at radius 3 is 2.47 bits per heavy atom. The maximum absolute atomic E-state index is 11.3. The van der Waals surface area contributed by atoms with Crippen molar-refractivity contribution in [3.8, 4) is 0 Å². The molecule has 0 heterocycles. The van der Waals surface area contributed by atoms with Crippen LogP contribution in [0, 0.1) is 0 Å². The van der Waals surface area contributed by atoms with Gasteiger partial charge in [-0.15, -0.1) is 0 Å². The Hall–Kier alpha value is -2.30. The van der Waals surface area contributed by atoms with Gasteiger partial charge in [0.15, 0.2) is 0 Å². The molecule has 1 unspecified atom stereocenters. The SMILES string of the molecule is C=C/C=C\C(=C/C=C)C(CC(=O)OC)OC(=O)NC. The Morgan fingerprint density at radius 2 is 2.00 bits per heavy atom. The van der Waals surface area contributed by atoms with Crippen LogP contribution in [-0.4, -0.2) is 32.3 Å². The number of hydrogen-bond donors (Lipinski definition) is 1. The smallest absolute Gasteiger partial charge is 0.407 e. The maximum Gasteiger partial charge on any atom is 0.407 e. The molecule has 0 radical (unpaired) electrons. The van der Waals surface area contributed by atoms with Gasteiger partial charge in [-0.25, -0.2) is 4.79 Å². The van der Waals surface area contributed by atoms with E-state index in [2.05, 4.69) is 23.2 Å². The molecule has 0 aliphatic heterocycles. The lowest BCUT2D eigenvalue weighted by Crippen LogP contribution is -2.29. The number of rotatable bonds is 7. The van der Waals surface area contributed by atoms with Crippen molar-refractivity contribution in [1.29, 1.82) is 0 Å². The summed E-state index contributed by atoms with van der Waals surface area (Å²) in [4.78, 5) is 22.6. The number of hydrogen-bond acceptors (Lipinski definition) is 4. The lowest BCUT2D eigenvalue weighted by Gasteiger charge is -2.17. The van der Waals surface area contributed by atoms with Crippen LogP contribution in [0.15, 0.2) is 49.1 Å². The molecule has 19 heavy (non-hydrogen) atoms. The first kappa shape index (κ1) is 16.7. The standard InChI is InChI=1S/C14H19NO4/c1-5-7-9-11(8-6-2)12(10-13(16)18-4)19-14(17)15-3/h5-9,12H,1-2,10H2,3-4H3,(H,15,17)/b9-7-,11-8+. The third-order valence-corrected chi connectivity index (χ3v) is 2.14. The van der Waals surface area contributed by atoms with Crippen LogP contribution in [0.4, 0.5) is 4.79 Å². The number of nitrogens with one attached hydrogen (secondary N) is 1. The van der Waals surface area contributed by atoms with Crippen LogP contribution in [0.25, 0.3) is 0 Å². The zero-order chi connectivity index (χ0) is 14.7. The third-order valence-electron chi connectivity index (χ3n) is 2.14. The average Bonchev–Trinajstić information content (AvgIpc) is 2.42. The van der Waals surface area contributed by atoms with E-state index in [9.17, 15) is 9.59 Å². The number of carbonyl (C=O) groups is 2. The Labute approximate surface area is 113 Å². The van der Waals surface area contributed by atoms with E-state index in [0.29, 0.717) is 5.57 Å². The molecule has 0 aromatic carbocycles. The van der Waals surface area contributed by atoms with E-state index in [1.54, 1.807) is 30.4 Å². The van der Waals surface area contributed by atoms with Crippen molar-refractivity contribution in [3.05, 3.63) is 49.1 Å². The molecule has 5 nitrogen and oxygen atoms in total. The first-order valence-electron chi connectivity index (χ1n) is 5.65. The van der Waals surface area contributed by atoms with Gasteiger partial charge in [0, 0.05) is 7.05 Å². The van der Waals surface area contributed by atoms with Crippen LogP contribution < -0.4 is 5.32 Å². The minimum Gasteiger partial charge on any atom is -0.469 e. The molecule has 5 heteroatoms. The summed E-state index contributed by atoms with van der Waals surface area (Å²) in [5, 5.41) is 2.33. The topological polar surface area (TPSA) is 64.6 Å². The van der Waals surface area contributed by atoms with Crippen molar-refractivity contribution < 1.29 is 19.1 Å². The second-order valence-electron chi connectivity index (χ2n) is 3.42. The van der Waals surface area contributed by atoms with Crippen LogP contribution in [0.3, 0.4) is 0 Å². The molecular weight excluding hydrogens is 246 g/mol. The van der Waals surface area contributed by atoms with Gasteiger partial charge < -0.3 is 14.8 Å². The van der Waals surface area contributed by atoms with Crippen LogP contribution in [0.2, 0.25) is 0 Å². The Kier molecular flexibility index (Phi) is 8.53. The van der Waals surface area contributed by atoms with Gasteiger partial charge >= 0.3 is 12.1 Å². The molecule has 1 N–H and O–H groups in total. The van der Waals surface area contributed by atoms with E-state index >= 15 is 0 Å². The zero-order valence-corrected chi connectivity index (χ0v) is 11.2. The molecule has 0 fully saturated rings. The fourth-order valence-corrected chi connectivity index (χ4v) is 1.24. The summed E-state index contributed by atoms with van der Waals surface area (Å²) in [6.07, 6.45) is 6.67. The van der Waals surface area contributed by atoms with E-state index < -0.39 is 18.2 Å². The average molecular weight is 265 g/mol. The number of alkyl carbamates (subject to hydrolysis) is 1. The summed E-state index contributed by atoms with van der Waals surface area (Å²) in [5.41, 5.74) is 0.615. The van der Waals surface area contributed by atoms with Gasteiger partial charge in [0.2, 0.25) is 0 Å². The van der Waals surface area contributed by atoms with Crippen molar-refractivity contribution in [1.82, 2.24) is 5.32 Å². The fraction of sp³-hybridized carbons (Fsp3) is 0.286. The van der Waals surface area contributed by atoms with Crippen molar-refractivity contribution >= 4 is 12.1 Å². The second kappa shape index (κ2) is 9.70. The molecule has 0 aliphatic rings. The lowest BCUT2D eigenvalue weighted by molar-refractivity contribution is -0.142. The summed E-state index contributed by atoms with van der Waals surface area (Å²) in [6, 6.07) is 0. The summed E-state index contributed by atoms with van der Waals surface area (Å²) in [5.74, 6) is -0.476. The van der Waals surface area contributed by atoms with E-state index in [-0.39, 0.29) is 6.42 Å². The first-order valence-corrected chi connectivity index (χ1v) is 5.65. The van der Waals surface area contributed by atoms with E-state index in [4.69, 9.17) is 4.74 Å². The zero-order valence-electron chi connectivity index (χ0n) is 11.2. The quantitative estimate of drug-likeness (QED) is 0.565. The van der Waals surface area contributed by atoms with E-state index in [0.717, 1.165) is 0 Å². The summed E-state index contributed by atoms with van der Waals surface area (Å²) in [7, 11) is 2.71. The predicted octanol–water partition coefficient (Wildman–Crippen LogP) is 2.13. The molecule has 0 aromatic heterocycles. The minimum atomic E-state index is -0.749. The van der Waals surface area contributed by atoms with E-state index in [1.807, 2.05) is 0 Å². The monoisotopic (exact) mass is 265 g/mol. The molecule has 0 rings (SSSR count). The number of ether oxygens (including phenoxy) is 2. The van der Waals surface area contributed by atoms with Gasteiger partial charge in [-0.2, -0.15) is 0 Å². The summed E-state index contributed by atoms with van der Waals surface area (Å²) in [6.45, 7) is 7.14. The van der Waals surface area contributed by atoms with Gasteiger partial charge in [-0.3, -0.25) is 4.79 Å². The molecule has 0 saturated carbocycles. The van der Waals surface area contributed by atoms with Crippen LogP contribution in [0.5, 0.6) is 0 Å². The molecular formula is C14H19NO4. The van der Waals surface area contributed by atoms with E-state index in [1.165, 1.54) is 14.2 Å². The highest BCUT2D eigenvalue weighted by molar-refractivity contribution is 5.72. The highest BCUT2D eigenvalue weighted by Crippen LogP contribution is 2.14.